The molecule has 55 heavy (non-hydrogen) atoms. The van der Waals surface area contributed by atoms with Crippen molar-refractivity contribution in [2.45, 2.75) is 25.5 Å². The lowest BCUT2D eigenvalue weighted by Crippen LogP contribution is -2.43. The van der Waals surface area contributed by atoms with E-state index < -0.39 is 23.9 Å². The number of hydrogen-bond donors (Lipinski definition) is 0. The molecule has 1 aliphatic heterocycles. The second-order valence-electron chi connectivity index (χ2n) is 12.8. The van der Waals surface area contributed by atoms with Gasteiger partial charge in [-0.15, -0.1) is 5.10 Å². The summed E-state index contributed by atoms with van der Waals surface area (Å²) in [5.74, 6) is -1.51. The number of carbonyl (C=O) groups is 3. The summed E-state index contributed by atoms with van der Waals surface area (Å²) in [6.45, 7) is 0.286. The molecule has 8 rings (SSSR count). The Balaban J connectivity index is 1.12. The molecule has 4 heterocycles. The highest BCUT2D eigenvalue weighted by Gasteiger charge is 2.36. The zero-order valence-electron chi connectivity index (χ0n) is 29.0. The number of amides is 1. The van der Waals surface area contributed by atoms with Gasteiger partial charge in [-0.05, 0) is 86.6 Å². The molecule has 0 saturated heterocycles. The van der Waals surface area contributed by atoms with E-state index in [-0.39, 0.29) is 41.6 Å². The number of carbonyl (C=O) groups excluding carboxylic acids is 3. The van der Waals surface area contributed by atoms with Crippen molar-refractivity contribution < 1.29 is 23.5 Å². The number of aromatic nitrogens is 7. The predicted octanol–water partition coefficient (Wildman–Crippen LogP) is 7.00. The van der Waals surface area contributed by atoms with Crippen molar-refractivity contribution in [3.63, 3.8) is 0 Å². The first-order chi connectivity index (χ1) is 26.9. The van der Waals surface area contributed by atoms with Crippen LogP contribution < -0.4 is 0 Å². The zero-order valence-corrected chi connectivity index (χ0v) is 29.8. The molecule has 14 heteroatoms. The molecular weight excluding hydrogens is 723 g/mol. The molecule has 7 aromatic rings. The SMILES string of the molecule is O=C(Cc1ccc2cnn(C(=O)OCc3ccccc3)c2c1)C1c2cccc(-c3ccncc3)c2CCN1C(=O)/C=C/c1c(-n2cnnn2)ccc(Cl)c1F. The molecule has 0 N–H and O–H groups in total. The van der Waals surface area contributed by atoms with E-state index in [1.807, 2.05) is 60.7 Å². The highest BCUT2D eigenvalue weighted by atomic mass is 35.5. The maximum atomic E-state index is 15.4. The minimum atomic E-state index is -0.984. The lowest BCUT2D eigenvalue weighted by molar-refractivity contribution is -0.136. The van der Waals surface area contributed by atoms with Gasteiger partial charge in [0.15, 0.2) is 11.6 Å². The summed E-state index contributed by atoms with van der Waals surface area (Å²) in [7, 11) is 0. The fraction of sp³-hybridized carbons (Fsp3) is 0.122. The maximum Gasteiger partial charge on any atom is 0.435 e. The third kappa shape index (κ3) is 7.12. The van der Waals surface area contributed by atoms with Crippen LogP contribution >= 0.6 is 11.6 Å². The van der Waals surface area contributed by atoms with Crippen LogP contribution in [0.5, 0.6) is 0 Å². The Hall–Kier alpha value is -6.86. The molecule has 12 nitrogen and oxygen atoms in total. The number of Topliss-reactive ketones (excluding diaryl/α,β-unsaturated/α-hetero) is 1. The van der Waals surface area contributed by atoms with Gasteiger partial charge < -0.3 is 9.64 Å². The Kier molecular flexibility index (Phi) is 9.75. The normalized spacial score (nSPS) is 13.9. The molecule has 0 aliphatic carbocycles. The predicted molar refractivity (Wildman–Crippen MR) is 201 cm³/mol. The number of fused-ring (bicyclic) bond motifs is 2. The third-order valence-electron chi connectivity index (χ3n) is 9.49. The maximum absolute atomic E-state index is 15.4. The second kappa shape index (κ2) is 15.2. The molecule has 0 spiro atoms. The molecule has 0 bridgehead atoms. The molecule has 1 amide bonds. The van der Waals surface area contributed by atoms with E-state index in [1.54, 1.807) is 42.9 Å². The van der Waals surface area contributed by atoms with Gasteiger partial charge in [0.05, 0.1) is 22.4 Å². The van der Waals surface area contributed by atoms with Gasteiger partial charge in [-0.25, -0.2) is 9.18 Å². The number of ketones is 1. The Labute approximate surface area is 318 Å². The van der Waals surface area contributed by atoms with Gasteiger partial charge >= 0.3 is 6.09 Å². The molecular formula is C41H30ClFN8O4. The summed E-state index contributed by atoms with van der Waals surface area (Å²) in [6, 6.07) is 26.1. The van der Waals surface area contributed by atoms with Crippen molar-refractivity contribution in [2.24, 2.45) is 0 Å². The first kappa shape index (κ1) is 35.2. The minimum Gasteiger partial charge on any atom is -0.443 e. The van der Waals surface area contributed by atoms with Crippen LogP contribution in [0.3, 0.4) is 0 Å². The first-order valence-electron chi connectivity index (χ1n) is 17.3. The number of pyridine rings is 1. The van der Waals surface area contributed by atoms with E-state index in [4.69, 9.17) is 16.3 Å². The number of rotatable bonds is 9. The van der Waals surface area contributed by atoms with Crippen molar-refractivity contribution in [2.75, 3.05) is 6.54 Å². The third-order valence-corrected chi connectivity index (χ3v) is 9.78. The summed E-state index contributed by atoms with van der Waals surface area (Å²) in [4.78, 5) is 47.5. The summed E-state index contributed by atoms with van der Waals surface area (Å²) >= 11 is 6.13. The van der Waals surface area contributed by atoms with Crippen LogP contribution in [-0.2, 0) is 33.8 Å². The van der Waals surface area contributed by atoms with Crippen molar-refractivity contribution in [1.82, 2.24) is 39.9 Å². The van der Waals surface area contributed by atoms with Crippen LogP contribution in [-0.4, -0.2) is 64.2 Å². The fourth-order valence-corrected chi connectivity index (χ4v) is 7.05. The van der Waals surface area contributed by atoms with E-state index in [0.717, 1.165) is 22.3 Å². The summed E-state index contributed by atoms with van der Waals surface area (Å²) < 4.78 is 23.4. The number of tetrazole rings is 1. The Bertz CT molecular complexity index is 2580. The van der Waals surface area contributed by atoms with E-state index in [1.165, 1.54) is 38.8 Å². The first-order valence-corrected chi connectivity index (χ1v) is 17.7. The molecule has 4 aromatic carbocycles. The highest BCUT2D eigenvalue weighted by Crippen LogP contribution is 2.38. The number of nitrogens with zero attached hydrogens (tertiary/aromatic N) is 8. The van der Waals surface area contributed by atoms with Crippen LogP contribution in [0.2, 0.25) is 5.02 Å². The van der Waals surface area contributed by atoms with Gasteiger partial charge in [0.25, 0.3) is 0 Å². The average Bonchev–Trinajstić information content (AvgIpc) is 3.91. The van der Waals surface area contributed by atoms with Crippen molar-refractivity contribution in [3.05, 3.63) is 161 Å². The lowest BCUT2D eigenvalue weighted by Gasteiger charge is -2.37. The van der Waals surface area contributed by atoms with Gasteiger partial charge in [-0.1, -0.05) is 72.3 Å². The molecule has 3 aromatic heterocycles. The van der Waals surface area contributed by atoms with E-state index in [9.17, 15) is 14.4 Å². The van der Waals surface area contributed by atoms with Crippen LogP contribution in [0.1, 0.15) is 33.9 Å². The summed E-state index contributed by atoms with van der Waals surface area (Å²) in [6.07, 6.45) is 8.56. The average molecular weight is 753 g/mol. The van der Waals surface area contributed by atoms with Gasteiger partial charge in [-0.3, -0.25) is 14.6 Å². The van der Waals surface area contributed by atoms with Gasteiger partial charge in [-0.2, -0.15) is 14.5 Å². The Morgan fingerprint density at radius 1 is 0.945 bits per heavy atom. The van der Waals surface area contributed by atoms with Crippen LogP contribution in [0.4, 0.5) is 9.18 Å². The Morgan fingerprint density at radius 3 is 2.58 bits per heavy atom. The minimum absolute atomic E-state index is 0.000573. The van der Waals surface area contributed by atoms with Crippen LogP contribution in [0.25, 0.3) is 33.8 Å². The van der Waals surface area contributed by atoms with E-state index >= 15 is 4.39 Å². The smallest absolute Gasteiger partial charge is 0.435 e. The van der Waals surface area contributed by atoms with Gasteiger partial charge in [0.2, 0.25) is 5.91 Å². The molecule has 272 valence electrons. The van der Waals surface area contributed by atoms with Crippen molar-refractivity contribution in [3.8, 4) is 16.8 Å². The van der Waals surface area contributed by atoms with E-state index in [2.05, 4.69) is 25.6 Å². The van der Waals surface area contributed by atoms with Crippen molar-refractivity contribution in [1.29, 1.82) is 0 Å². The molecule has 1 unspecified atom stereocenters. The number of benzene rings is 4. The van der Waals surface area contributed by atoms with Gasteiger partial charge in [0, 0.05) is 42.4 Å². The van der Waals surface area contributed by atoms with Crippen LogP contribution in [0.15, 0.2) is 122 Å². The lowest BCUT2D eigenvalue weighted by atomic mass is 9.84. The van der Waals surface area contributed by atoms with Crippen molar-refractivity contribution >= 4 is 46.4 Å². The Morgan fingerprint density at radius 2 is 1.78 bits per heavy atom. The molecule has 1 atom stereocenters. The zero-order chi connectivity index (χ0) is 37.9. The van der Waals surface area contributed by atoms with E-state index in [0.29, 0.717) is 28.5 Å². The molecule has 0 radical (unpaired) electrons. The highest BCUT2D eigenvalue weighted by molar-refractivity contribution is 6.31. The monoisotopic (exact) mass is 752 g/mol. The molecule has 1 aliphatic rings. The summed E-state index contributed by atoms with van der Waals surface area (Å²) in [5.41, 5.74) is 5.69. The molecule has 0 fully saturated rings. The number of halogens is 2. The topological polar surface area (TPSA) is 138 Å². The van der Waals surface area contributed by atoms with Gasteiger partial charge in [0.1, 0.15) is 19.0 Å². The fourth-order valence-electron chi connectivity index (χ4n) is 6.89. The standard InChI is InChI=1S/C41H30ClFN8O4/c42-34-12-13-35(50-25-45-47-48-50)33(39(34)43)11-14-38(53)49-20-17-31-30(28-15-18-44-19-16-28)7-4-8-32(31)40(49)37(52)22-27-9-10-29-23-46-51(36(29)21-27)41(54)55-24-26-5-2-1-3-6-26/h1-16,18-19,21,23,25,40H,17,20,22,24H2/b14-11+. The summed E-state index contributed by atoms with van der Waals surface area (Å²) in [5, 5.41) is 15.9. The number of ether oxygens (including phenoxy) is 1. The largest absolute Gasteiger partial charge is 0.443 e. The quantitative estimate of drug-likeness (QED) is 0.143. The second-order valence-corrected chi connectivity index (χ2v) is 13.2. The van der Waals surface area contributed by atoms with Crippen LogP contribution in [0, 0.1) is 5.82 Å². The number of hydrogen-bond acceptors (Lipinski definition) is 9. The molecule has 0 saturated carbocycles.